The number of methoxy groups -OCH3 is 2. The third kappa shape index (κ3) is 4.53. The van der Waals surface area contributed by atoms with Crippen LogP contribution in [0.25, 0.3) is 0 Å². The number of carbonyl (C=O) groups excluding carboxylic acids is 1. The van der Waals surface area contributed by atoms with Crippen molar-refractivity contribution in [3.05, 3.63) is 63.8 Å². The molecule has 0 bridgehead atoms. The molecule has 1 heterocycles. The summed E-state index contributed by atoms with van der Waals surface area (Å²) in [5.74, 6) is 1.48. The van der Waals surface area contributed by atoms with Gasteiger partial charge < -0.3 is 23.9 Å². The second-order valence-corrected chi connectivity index (χ2v) is 10.7. The van der Waals surface area contributed by atoms with E-state index >= 15 is 0 Å². The van der Waals surface area contributed by atoms with Gasteiger partial charge >= 0.3 is 5.95 Å². The Labute approximate surface area is 208 Å². The Kier molecular flexibility index (Phi) is 6.42. The molecule has 0 aliphatic heterocycles. The van der Waals surface area contributed by atoms with Gasteiger partial charge in [-0.3, -0.25) is 4.79 Å². The monoisotopic (exact) mass is 527 g/mol. The maximum Gasteiger partial charge on any atom is 0.305 e. The second kappa shape index (κ2) is 9.02. The predicted octanol–water partition coefficient (Wildman–Crippen LogP) is 7.45. The van der Waals surface area contributed by atoms with E-state index in [2.05, 4.69) is 61.1 Å². The molecular weight excluding hydrogens is 498 g/mol. The molecule has 1 aliphatic rings. The molecule has 1 aliphatic carbocycles. The standard InChI is InChI=1S/C27H30BrNO5/c1-26(2)12-13-27(3,4)18-14-16(10-11-17(18)26)33-25-19(28)15-22(34-25)24(30)29-23-20(31-5)8-7-9-21(23)32-6/h7-11,14-15H,12-13H2,1-6H3,(H,29,30). The maximum atomic E-state index is 12.9. The van der Waals surface area contributed by atoms with Gasteiger partial charge in [0.2, 0.25) is 0 Å². The number of carbonyl (C=O) groups is 1. The number of hydrogen-bond acceptors (Lipinski definition) is 5. The highest BCUT2D eigenvalue weighted by Crippen LogP contribution is 2.47. The molecule has 0 saturated heterocycles. The lowest BCUT2D eigenvalue weighted by Gasteiger charge is -2.41. The molecule has 3 aromatic rings. The molecule has 1 aromatic heterocycles. The highest BCUT2D eigenvalue weighted by Gasteiger charge is 2.37. The zero-order valence-electron chi connectivity index (χ0n) is 20.4. The molecule has 0 fully saturated rings. The summed E-state index contributed by atoms with van der Waals surface area (Å²) in [4.78, 5) is 12.9. The van der Waals surface area contributed by atoms with Crippen LogP contribution in [0, 0.1) is 0 Å². The highest BCUT2D eigenvalue weighted by molar-refractivity contribution is 9.10. The fourth-order valence-corrected chi connectivity index (χ4v) is 4.79. The minimum Gasteiger partial charge on any atom is -0.494 e. The third-order valence-electron chi connectivity index (χ3n) is 6.58. The number of rotatable bonds is 6. The number of hydrogen-bond donors (Lipinski definition) is 1. The van der Waals surface area contributed by atoms with Crippen molar-refractivity contribution in [2.75, 3.05) is 19.5 Å². The summed E-state index contributed by atoms with van der Waals surface area (Å²) < 4.78 is 23.1. The van der Waals surface area contributed by atoms with Crippen LogP contribution in [-0.2, 0) is 10.8 Å². The molecular formula is C27H30BrNO5. The molecule has 0 saturated carbocycles. The summed E-state index contributed by atoms with van der Waals surface area (Å²) in [6.07, 6.45) is 2.25. The van der Waals surface area contributed by atoms with E-state index in [-0.39, 0.29) is 22.5 Å². The number of fused-ring (bicyclic) bond motifs is 1. The van der Waals surface area contributed by atoms with Crippen molar-refractivity contribution in [2.45, 2.75) is 51.4 Å². The largest absolute Gasteiger partial charge is 0.494 e. The molecule has 1 amide bonds. The molecule has 6 nitrogen and oxygen atoms in total. The lowest BCUT2D eigenvalue weighted by molar-refractivity contribution is 0.0991. The Bertz CT molecular complexity index is 1210. The smallest absolute Gasteiger partial charge is 0.305 e. The first-order valence-corrected chi connectivity index (χ1v) is 12.0. The van der Waals surface area contributed by atoms with Crippen molar-refractivity contribution >= 4 is 27.5 Å². The van der Waals surface area contributed by atoms with E-state index < -0.39 is 5.91 Å². The number of halogens is 1. The summed E-state index contributed by atoms with van der Waals surface area (Å²) in [6.45, 7) is 9.10. The quantitative estimate of drug-likeness (QED) is 0.360. The Balaban J connectivity index is 1.59. The fourth-order valence-electron chi connectivity index (χ4n) is 4.42. The zero-order valence-corrected chi connectivity index (χ0v) is 22.0. The van der Waals surface area contributed by atoms with E-state index in [9.17, 15) is 4.79 Å². The number of anilines is 1. The van der Waals surface area contributed by atoms with Gasteiger partial charge in [-0.15, -0.1) is 0 Å². The van der Waals surface area contributed by atoms with Crippen LogP contribution >= 0.6 is 15.9 Å². The lowest BCUT2D eigenvalue weighted by Crippen LogP contribution is -2.33. The zero-order chi connectivity index (χ0) is 24.7. The summed E-state index contributed by atoms with van der Waals surface area (Å²) >= 11 is 3.45. The van der Waals surface area contributed by atoms with Crippen LogP contribution in [0.4, 0.5) is 5.69 Å². The molecule has 0 unspecified atom stereocenters. The summed E-state index contributed by atoms with van der Waals surface area (Å²) in [7, 11) is 3.06. The van der Waals surface area contributed by atoms with Gasteiger partial charge in [0.1, 0.15) is 27.4 Å². The van der Waals surface area contributed by atoms with E-state index in [1.54, 1.807) is 24.3 Å². The second-order valence-electron chi connectivity index (χ2n) is 9.81. The van der Waals surface area contributed by atoms with Crippen LogP contribution in [0.15, 0.2) is 51.4 Å². The Morgan fingerprint density at radius 1 is 0.941 bits per heavy atom. The first-order chi connectivity index (χ1) is 16.1. The van der Waals surface area contributed by atoms with Crippen molar-refractivity contribution in [1.29, 1.82) is 0 Å². The number of nitrogens with one attached hydrogen (secondary N) is 1. The molecule has 0 spiro atoms. The maximum absolute atomic E-state index is 12.9. The SMILES string of the molecule is COc1cccc(OC)c1NC(=O)c1cc(Br)c(Oc2ccc3c(c2)C(C)(C)CCC3(C)C)o1. The van der Waals surface area contributed by atoms with Crippen molar-refractivity contribution in [2.24, 2.45) is 0 Å². The van der Waals surface area contributed by atoms with Crippen molar-refractivity contribution in [3.8, 4) is 23.2 Å². The Morgan fingerprint density at radius 2 is 1.56 bits per heavy atom. The Hall–Kier alpha value is -2.93. The Morgan fingerprint density at radius 3 is 2.18 bits per heavy atom. The fraction of sp³-hybridized carbons (Fsp3) is 0.370. The van der Waals surface area contributed by atoms with Gasteiger partial charge in [-0.25, -0.2) is 0 Å². The van der Waals surface area contributed by atoms with E-state index in [4.69, 9.17) is 18.6 Å². The minimum absolute atomic E-state index is 0.0590. The van der Waals surface area contributed by atoms with Crippen LogP contribution in [0.1, 0.15) is 62.2 Å². The van der Waals surface area contributed by atoms with Gasteiger partial charge in [0, 0.05) is 6.07 Å². The van der Waals surface area contributed by atoms with Crippen LogP contribution in [0.5, 0.6) is 23.2 Å². The minimum atomic E-state index is -0.452. The van der Waals surface area contributed by atoms with Gasteiger partial charge in [-0.05, 0) is 75.0 Å². The molecule has 2 aromatic carbocycles. The number of furan rings is 1. The normalized spacial score (nSPS) is 15.9. The summed E-state index contributed by atoms with van der Waals surface area (Å²) in [5.41, 5.74) is 3.24. The highest BCUT2D eigenvalue weighted by atomic mass is 79.9. The summed E-state index contributed by atoms with van der Waals surface area (Å²) in [6, 6.07) is 13.0. The molecule has 7 heteroatoms. The van der Waals surface area contributed by atoms with Gasteiger partial charge in [0.25, 0.3) is 5.91 Å². The molecule has 4 rings (SSSR count). The molecule has 0 radical (unpaired) electrons. The summed E-state index contributed by atoms with van der Waals surface area (Å²) in [5, 5.41) is 2.80. The molecule has 180 valence electrons. The number of benzene rings is 2. The van der Waals surface area contributed by atoms with Crippen LogP contribution in [-0.4, -0.2) is 20.1 Å². The molecule has 0 atom stereocenters. The number of para-hydroxylation sites is 1. The van der Waals surface area contributed by atoms with Gasteiger partial charge in [-0.2, -0.15) is 0 Å². The van der Waals surface area contributed by atoms with Crippen LogP contribution < -0.4 is 19.5 Å². The van der Waals surface area contributed by atoms with Crippen molar-refractivity contribution < 1.29 is 23.4 Å². The van der Waals surface area contributed by atoms with Gasteiger partial charge in [-0.1, -0.05) is 39.8 Å². The van der Waals surface area contributed by atoms with E-state index in [0.717, 1.165) is 12.8 Å². The van der Waals surface area contributed by atoms with Gasteiger partial charge in [0.05, 0.1) is 14.2 Å². The molecule has 1 N–H and O–H groups in total. The topological polar surface area (TPSA) is 69.9 Å². The van der Waals surface area contributed by atoms with E-state index in [1.807, 2.05) is 6.07 Å². The van der Waals surface area contributed by atoms with Crippen LogP contribution in [0.2, 0.25) is 0 Å². The van der Waals surface area contributed by atoms with E-state index in [0.29, 0.717) is 27.4 Å². The average Bonchev–Trinajstić information content (AvgIpc) is 3.17. The van der Waals surface area contributed by atoms with Crippen LogP contribution in [0.3, 0.4) is 0 Å². The van der Waals surface area contributed by atoms with Gasteiger partial charge in [0.15, 0.2) is 5.76 Å². The lowest BCUT2D eigenvalue weighted by atomic mass is 9.63. The first-order valence-electron chi connectivity index (χ1n) is 11.2. The van der Waals surface area contributed by atoms with Crippen molar-refractivity contribution in [1.82, 2.24) is 0 Å². The number of amides is 1. The first kappa shape index (κ1) is 24.2. The predicted molar refractivity (Wildman–Crippen MR) is 136 cm³/mol. The van der Waals surface area contributed by atoms with Crippen molar-refractivity contribution in [3.63, 3.8) is 0 Å². The number of ether oxygens (including phenoxy) is 3. The average molecular weight is 528 g/mol. The third-order valence-corrected chi connectivity index (χ3v) is 7.13. The molecule has 34 heavy (non-hydrogen) atoms. The van der Waals surface area contributed by atoms with E-state index in [1.165, 1.54) is 25.3 Å².